The molecule has 0 heterocycles. The lowest BCUT2D eigenvalue weighted by atomic mass is 9.98. The Morgan fingerprint density at radius 3 is 2.13 bits per heavy atom. The zero-order valence-electron chi connectivity index (χ0n) is 9.32. The van der Waals surface area contributed by atoms with Gasteiger partial charge in [-0.3, -0.25) is 0 Å². The molecule has 1 aromatic carbocycles. The molecule has 0 aliphatic carbocycles. The number of nitrogens with one attached hydrogen (secondary N) is 1. The van der Waals surface area contributed by atoms with Crippen molar-refractivity contribution >= 4 is 10.0 Å². The van der Waals surface area contributed by atoms with Crippen molar-refractivity contribution in [1.82, 2.24) is 4.72 Å². The Balaban J connectivity index is 2.78. The highest BCUT2D eigenvalue weighted by Gasteiger charge is 2.17. The molecule has 1 N–H and O–H groups in total. The highest BCUT2D eigenvalue weighted by molar-refractivity contribution is 7.89. The van der Waals surface area contributed by atoms with Gasteiger partial charge in [0, 0.05) is 6.54 Å². The van der Waals surface area contributed by atoms with Gasteiger partial charge in [0.15, 0.2) is 0 Å². The van der Waals surface area contributed by atoms with Crippen LogP contribution in [0.1, 0.15) is 20.8 Å². The first kappa shape index (κ1) is 12.2. The van der Waals surface area contributed by atoms with E-state index in [1.54, 1.807) is 30.3 Å². The molecule has 0 radical (unpaired) electrons. The number of rotatable bonds is 3. The summed E-state index contributed by atoms with van der Waals surface area (Å²) < 4.78 is 26.1. The van der Waals surface area contributed by atoms with Crippen molar-refractivity contribution in [3.63, 3.8) is 0 Å². The molecule has 0 fully saturated rings. The lowest BCUT2D eigenvalue weighted by Gasteiger charge is -2.18. The molecule has 0 amide bonds. The first-order chi connectivity index (χ1) is 6.81. The first-order valence-corrected chi connectivity index (χ1v) is 6.34. The van der Waals surface area contributed by atoms with Crippen LogP contribution in [0, 0.1) is 5.41 Å². The van der Waals surface area contributed by atoms with Gasteiger partial charge in [-0.2, -0.15) is 0 Å². The van der Waals surface area contributed by atoms with Gasteiger partial charge in [0.25, 0.3) is 0 Å². The predicted molar refractivity (Wildman–Crippen MR) is 61.1 cm³/mol. The van der Waals surface area contributed by atoms with Gasteiger partial charge in [0.05, 0.1) is 4.90 Å². The summed E-state index contributed by atoms with van der Waals surface area (Å²) in [6.45, 7) is 6.39. The summed E-state index contributed by atoms with van der Waals surface area (Å²) in [6.07, 6.45) is 0. The Labute approximate surface area is 91.6 Å². The Hall–Kier alpha value is -0.870. The fraction of sp³-hybridized carbons (Fsp3) is 0.455. The number of hydrogen-bond acceptors (Lipinski definition) is 2. The van der Waals surface area contributed by atoms with Crippen molar-refractivity contribution in [2.75, 3.05) is 6.54 Å². The van der Waals surface area contributed by atoms with Crippen molar-refractivity contribution in [1.29, 1.82) is 0 Å². The smallest absolute Gasteiger partial charge is 0.211 e. The molecule has 1 rings (SSSR count). The largest absolute Gasteiger partial charge is 0.240 e. The van der Waals surface area contributed by atoms with Crippen LogP contribution in [0.25, 0.3) is 0 Å². The molecule has 15 heavy (non-hydrogen) atoms. The lowest BCUT2D eigenvalue weighted by molar-refractivity contribution is 0.407. The summed E-state index contributed by atoms with van der Waals surface area (Å²) in [5.74, 6) is 0. The van der Waals surface area contributed by atoms with Crippen LogP contribution in [-0.2, 0) is 10.0 Å². The van der Waals surface area contributed by atoms with E-state index in [0.29, 0.717) is 11.4 Å². The van der Waals surface area contributed by atoms with E-state index in [4.69, 9.17) is 0 Å². The average Bonchev–Trinajstić information content (AvgIpc) is 2.16. The molecule has 0 aliphatic rings. The van der Waals surface area contributed by atoms with Gasteiger partial charge < -0.3 is 0 Å². The van der Waals surface area contributed by atoms with Crippen LogP contribution in [0.4, 0.5) is 0 Å². The normalized spacial score (nSPS) is 12.7. The zero-order valence-corrected chi connectivity index (χ0v) is 10.1. The van der Waals surface area contributed by atoms with E-state index in [1.165, 1.54) is 0 Å². The van der Waals surface area contributed by atoms with E-state index >= 15 is 0 Å². The summed E-state index contributed by atoms with van der Waals surface area (Å²) in [6, 6.07) is 8.40. The van der Waals surface area contributed by atoms with Crippen LogP contribution in [0.5, 0.6) is 0 Å². The first-order valence-electron chi connectivity index (χ1n) is 4.86. The summed E-state index contributed by atoms with van der Waals surface area (Å²) in [5.41, 5.74) is -0.0537. The molecule has 0 aromatic heterocycles. The fourth-order valence-electron chi connectivity index (χ4n) is 0.994. The Morgan fingerprint density at radius 1 is 1.13 bits per heavy atom. The molecule has 4 heteroatoms. The van der Waals surface area contributed by atoms with Gasteiger partial charge in [0.1, 0.15) is 0 Å². The van der Waals surface area contributed by atoms with E-state index < -0.39 is 10.0 Å². The average molecular weight is 227 g/mol. The van der Waals surface area contributed by atoms with Crippen molar-refractivity contribution < 1.29 is 8.42 Å². The Kier molecular flexibility index (Phi) is 3.52. The maximum Gasteiger partial charge on any atom is 0.240 e. The van der Waals surface area contributed by atoms with Crippen molar-refractivity contribution in [3.05, 3.63) is 30.3 Å². The van der Waals surface area contributed by atoms with Crippen LogP contribution in [0.2, 0.25) is 0 Å². The molecule has 0 aliphatic heterocycles. The summed E-state index contributed by atoms with van der Waals surface area (Å²) in [5, 5.41) is 0. The van der Waals surface area contributed by atoms with Crippen LogP contribution in [-0.4, -0.2) is 15.0 Å². The molecule has 0 saturated heterocycles. The Bertz CT molecular complexity index is 404. The lowest BCUT2D eigenvalue weighted by Crippen LogP contribution is -2.32. The van der Waals surface area contributed by atoms with Gasteiger partial charge >= 0.3 is 0 Å². The van der Waals surface area contributed by atoms with Crippen molar-refractivity contribution in [3.8, 4) is 0 Å². The number of sulfonamides is 1. The standard InChI is InChI=1S/C11H17NO2S/c1-11(2,3)9-12-15(13,14)10-7-5-4-6-8-10/h4-8,12H,9H2,1-3H3. The molecule has 1 aromatic rings. The highest BCUT2D eigenvalue weighted by Crippen LogP contribution is 2.13. The topological polar surface area (TPSA) is 46.2 Å². The molecule has 0 unspecified atom stereocenters. The molecular weight excluding hydrogens is 210 g/mol. The third kappa shape index (κ3) is 4.01. The molecular formula is C11H17NO2S. The second-order valence-corrected chi connectivity index (χ2v) is 6.47. The minimum Gasteiger partial charge on any atom is -0.211 e. The van der Waals surface area contributed by atoms with Crippen LogP contribution in [0.15, 0.2) is 35.2 Å². The molecule has 0 bridgehead atoms. The van der Waals surface area contributed by atoms with Gasteiger partial charge in [-0.1, -0.05) is 39.0 Å². The molecule has 0 atom stereocenters. The van der Waals surface area contributed by atoms with Gasteiger partial charge in [-0.15, -0.1) is 0 Å². The summed E-state index contributed by atoms with van der Waals surface area (Å²) >= 11 is 0. The molecule has 0 saturated carbocycles. The van der Waals surface area contributed by atoms with Crippen LogP contribution in [0.3, 0.4) is 0 Å². The van der Waals surface area contributed by atoms with Crippen molar-refractivity contribution in [2.24, 2.45) is 5.41 Å². The van der Waals surface area contributed by atoms with Crippen molar-refractivity contribution in [2.45, 2.75) is 25.7 Å². The highest BCUT2D eigenvalue weighted by atomic mass is 32.2. The maximum absolute atomic E-state index is 11.8. The van der Waals surface area contributed by atoms with Crippen LogP contribution >= 0.6 is 0 Å². The fourth-order valence-corrected chi connectivity index (χ4v) is 2.30. The summed E-state index contributed by atoms with van der Waals surface area (Å²) in [4.78, 5) is 0.314. The monoisotopic (exact) mass is 227 g/mol. The van der Waals surface area contributed by atoms with E-state index in [-0.39, 0.29) is 5.41 Å². The second kappa shape index (κ2) is 4.33. The third-order valence-corrected chi connectivity index (χ3v) is 3.26. The van der Waals surface area contributed by atoms with E-state index in [9.17, 15) is 8.42 Å². The van der Waals surface area contributed by atoms with Gasteiger partial charge in [-0.25, -0.2) is 13.1 Å². The van der Waals surface area contributed by atoms with E-state index in [1.807, 2.05) is 20.8 Å². The van der Waals surface area contributed by atoms with E-state index in [0.717, 1.165) is 0 Å². The second-order valence-electron chi connectivity index (χ2n) is 4.70. The van der Waals surface area contributed by atoms with E-state index in [2.05, 4.69) is 4.72 Å². The SMILES string of the molecule is CC(C)(C)CNS(=O)(=O)c1ccccc1. The molecule has 3 nitrogen and oxygen atoms in total. The zero-order chi connectivity index (χ0) is 11.5. The van der Waals surface area contributed by atoms with Gasteiger partial charge in [-0.05, 0) is 17.5 Å². The quantitative estimate of drug-likeness (QED) is 0.858. The van der Waals surface area contributed by atoms with Gasteiger partial charge in [0.2, 0.25) is 10.0 Å². The summed E-state index contributed by atoms with van der Waals surface area (Å²) in [7, 11) is -3.34. The Morgan fingerprint density at radius 2 is 1.67 bits per heavy atom. The van der Waals surface area contributed by atoms with Crippen LogP contribution < -0.4 is 4.72 Å². The number of benzene rings is 1. The molecule has 0 spiro atoms. The number of hydrogen-bond donors (Lipinski definition) is 1. The third-order valence-electron chi connectivity index (χ3n) is 1.85. The maximum atomic E-state index is 11.8. The molecule has 84 valence electrons. The minimum absolute atomic E-state index is 0.0537. The minimum atomic E-state index is -3.34. The predicted octanol–water partition coefficient (Wildman–Crippen LogP) is 2.01.